The van der Waals surface area contributed by atoms with Crippen molar-refractivity contribution in [1.29, 1.82) is 0 Å². The average molecular weight is 446 g/mol. The Morgan fingerprint density at radius 1 is 0.906 bits per heavy atom. The molecule has 2 aliphatic rings. The van der Waals surface area contributed by atoms with Gasteiger partial charge in [-0.15, -0.1) is 0 Å². The van der Waals surface area contributed by atoms with Crippen LogP contribution in [-0.2, 0) is 22.5 Å². The zero-order valence-corrected chi connectivity index (χ0v) is 18.3. The van der Waals surface area contributed by atoms with Crippen molar-refractivity contribution >= 4 is 17.5 Å². The lowest BCUT2D eigenvalue weighted by atomic mass is 9.75. The van der Waals surface area contributed by atoms with Gasteiger partial charge in [-0.3, -0.25) is 4.79 Å². The SMILES string of the molecule is O=C1C2=C(CN1Cc1ccccc1)[C@@H](c1ccccc1Cl)[C@H](Cc1ccccc1)[C@H](O)O2. The van der Waals surface area contributed by atoms with E-state index in [0.29, 0.717) is 24.5 Å². The summed E-state index contributed by atoms with van der Waals surface area (Å²) in [4.78, 5) is 15.0. The van der Waals surface area contributed by atoms with Crippen molar-refractivity contribution in [2.24, 2.45) is 5.92 Å². The second-order valence-electron chi connectivity index (χ2n) is 8.36. The quantitative estimate of drug-likeness (QED) is 0.606. The van der Waals surface area contributed by atoms with E-state index in [-0.39, 0.29) is 23.5 Å². The summed E-state index contributed by atoms with van der Waals surface area (Å²) in [6.07, 6.45) is -0.488. The van der Waals surface area contributed by atoms with Crippen LogP contribution >= 0.6 is 11.6 Å². The largest absolute Gasteiger partial charge is 0.459 e. The molecule has 1 N–H and O–H groups in total. The fourth-order valence-electron chi connectivity index (χ4n) is 4.81. The summed E-state index contributed by atoms with van der Waals surface area (Å²) in [6.45, 7) is 0.946. The van der Waals surface area contributed by atoms with Crippen LogP contribution in [0.1, 0.15) is 22.6 Å². The van der Waals surface area contributed by atoms with E-state index in [4.69, 9.17) is 16.3 Å². The number of hydrogen-bond donors (Lipinski definition) is 1. The summed E-state index contributed by atoms with van der Waals surface area (Å²) >= 11 is 6.62. The summed E-state index contributed by atoms with van der Waals surface area (Å²) < 4.78 is 5.87. The first kappa shape index (κ1) is 20.8. The minimum Gasteiger partial charge on any atom is -0.459 e. The Morgan fingerprint density at radius 3 is 2.22 bits per heavy atom. The van der Waals surface area contributed by atoms with Crippen molar-refractivity contribution in [2.45, 2.75) is 25.2 Å². The predicted octanol–water partition coefficient (Wildman–Crippen LogP) is 4.93. The predicted molar refractivity (Wildman–Crippen MR) is 124 cm³/mol. The van der Waals surface area contributed by atoms with Gasteiger partial charge < -0.3 is 14.7 Å². The van der Waals surface area contributed by atoms with E-state index in [1.807, 2.05) is 84.9 Å². The van der Waals surface area contributed by atoms with Crippen molar-refractivity contribution in [1.82, 2.24) is 4.90 Å². The Morgan fingerprint density at radius 2 is 1.53 bits per heavy atom. The van der Waals surface area contributed by atoms with Gasteiger partial charge in [0.25, 0.3) is 5.91 Å². The monoisotopic (exact) mass is 445 g/mol. The maximum atomic E-state index is 13.2. The van der Waals surface area contributed by atoms with Gasteiger partial charge in [-0.05, 0) is 29.2 Å². The summed E-state index contributed by atoms with van der Waals surface area (Å²) in [6, 6.07) is 27.6. The van der Waals surface area contributed by atoms with E-state index < -0.39 is 6.29 Å². The fourth-order valence-corrected chi connectivity index (χ4v) is 5.06. The van der Waals surface area contributed by atoms with Crippen LogP contribution in [0.2, 0.25) is 5.02 Å². The molecule has 5 heteroatoms. The molecule has 0 saturated heterocycles. The molecule has 3 aromatic carbocycles. The van der Waals surface area contributed by atoms with Gasteiger partial charge in [-0.25, -0.2) is 0 Å². The van der Waals surface area contributed by atoms with Crippen LogP contribution in [0.5, 0.6) is 0 Å². The van der Waals surface area contributed by atoms with Crippen LogP contribution < -0.4 is 0 Å². The molecule has 32 heavy (non-hydrogen) atoms. The van der Waals surface area contributed by atoms with Crippen molar-refractivity contribution in [2.75, 3.05) is 6.54 Å². The van der Waals surface area contributed by atoms with Gasteiger partial charge in [0, 0.05) is 35.5 Å². The van der Waals surface area contributed by atoms with Crippen LogP contribution in [0, 0.1) is 5.92 Å². The van der Waals surface area contributed by atoms with Gasteiger partial charge in [0.05, 0.1) is 0 Å². The molecule has 5 rings (SSSR count). The molecule has 2 aliphatic heterocycles. The summed E-state index contributed by atoms with van der Waals surface area (Å²) in [7, 11) is 0. The first-order chi connectivity index (χ1) is 15.6. The number of rotatable bonds is 5. The van der Waals surface area contributed by atoms with Crippen LogP contribution in [-0.4, -0.2) is 28.7 Å². The summed E-state index contributed by atoms with van der Waals surface area (Å²) in [5.74, 6) is -0.395. The Bertz CT molecular complexity index is 1150. The highest BCUT2D eigenvalue weighted by Crippen LogP contribution is 2.47. The van der Waals surface area contributed by atoms with Crippen molar-refractivity contribution in [3.05, 3.63) is 118 Å². The third kappa shape index (κ3) is 3.92. The van der Waals surface area contributed by atoms with E-state index in [2.05, 4.69) is 0 Å². The Kier molecular flexibility index (Phi) is 5.73. The van der Waals surface area contributed by atoms with Crippen LogP contribution in [0.15, 0.2) is 96.3 Å². The van der Waals surface area contributed by atoms with Crippen LogP contribution in [0.3, 0.4) is 0 Å². The molecule has 4 nitrogen and oxygen atoms in total. The Hall–Kier alpha value is -3.08. The number of carbonyl (C=O) groups excluding carboxylic acids is 1. The number of benzene rings is 3. The number of halogens is 1. The van der Waals surface area contributed by atoms with Gasteiger partial charge >= 0.3 is 0 Å². The van der Waals surface area contributed by atoms with E-state index in [0.717, 1.165) is 22.3 Å². The molecular formula is C27H24ClNO3. The smallest absolute Gasteiger partial charge is 0.289 e. The van der Waals surface area contributed by atoms with Crippen molar-refractivity contribution in [3.8, 4) is 0 Å². The van der Waals surface area contributed by atoms with Gasteiger partial charge in [0.15, 0.2) is 5.76 Å². The Balaban J connectivity index is 1.52. The molecule has 3 atom stereocenters. The van der Waals surface area contributed by atoms with Crippen molar-refractivity contribution < 1.29 is 14.6 Å². The molecule has 0 unspecified atom stereocenters. The minimum atomic E-state index is -1.10. The number of nitrogens with zero attached hydrogens (tertiary/aromatic N) is 1. The standard InChI is InChI=1S/C27H24ClNO3/c28-23-14-8-7-13-20(23)24-21(15-18-9-3-1-4-10-18)27(31)32-25-22(24)17-29(26(25)30)16-19-11-5-2-6-12-19/h1-14,21,24,27,31H,15-17H2/t21-,24-,27+/m0/s1. The van der Waals surface area contributed by atoms with Crippen LogP contribution in [0.4, 0.5) is 0 Å². The number of ether oxygens (including phenoxy) is 1. The highest BCUT2D eigenvalue weighted by Gasteiger charge is 2.47. The summed E-state index contributed by atoms with van der Waals surface area (Å²) in [5, 5.41) is 11.7. The maximum absolute atomic E-state index is 13.2. The number of aliphatic hydroxyl groups is 1. The molecular weight excluding hydrogens is 422 g/mol. The third-order valence-electron chi connectivity index (χ3n) is 6.31. The molecule has 0 spiro atoms. The van der Waals surface area contributed by atoms with Gasteiger partial charge in [0.1, 0.15) is 0 Å². The van der Waals surface area contributed by atoms with Gasteiger partial charge in [-0.2, -0.15) is 0 Å². The first-order valence-corrected chi connectivity index (χ1v) is 11.2. The first-order valence-electron chi connectivity index (χ1n) is 10.8. The van der Waals surface area contributed by atoms with E-state index in [1.54, 1.807) is 4.90 Å². The van der Waals surface area contributed by atoms with E-state index >= 15 is 0 Å². The van der Waals surface area contributed by atoms with Crippen molar-refractivity contribution in [3.63, 3.8) is 0 Å². The van der Waals surface area contributed by atoms with E-state index in [1.165, 1.54) is 0 Å². The van der Waals surface area contributed by atoms with Gasteiger partial charge in [0.2, 0.25) is 6.29 Å². The Labute approximate surface area is 192 Å². The molecule has 0 radical (unpaired) electrons. The van der Waals surface area contributed by atoms with Gasteiger partial charge in [-0.1, -0.05) is 90.5 Å². The number of aliphatic hydroxyl groups excluding tert-OH is 1. The molecule has 1 amide bonds. The second-order valence-corrected chi connectivity index (χ2v) is 8.77. The number of hydrogen-bond acceptors (Lipinski definition) is 3. The zero-order valence-electron chi connectivity index (χ0n) is 17.5. The highest BCUT2D eigenvalue weighted by molar-refractivity contribution is 6.31. The normalized spacial score (nSPS) is 22.6. The fraction of sp³-hybridized carbons (Fsp3) is 0.222. The molecule has 2 heterocycles. The minimum absolute atomic E-state index is 0.182. The lowest BCUT2D eigenvalue weighted by Crippen LogP contribution is -2.37. The topological polar surface area (TPSA) is 49.8 Å². The third-order valence-corrected chi connectivity index (χ3v) is 6.66. The molecule has 162 valence electrons. The molecule has 0 aromatic heterocycles. The molecule has 0 fully saturated rings. The number of amides is 1. The molecule has 0 aliphatic carbocycles. The second kappa shape index (κ2) is 8.81. The number of carbonyl (C=O) groups is 1. The van der Waals surface area contributed by atoms with Crippen LogP contribution in [0.25, 0.3) is 0 Å². The molecule has 3 aromatic rings. The molecule has 0 bridgehead atoms. The summed E-state index contributed by atoms with van der Waals surface area (Å²) in [5.41, 5.74) is 3.97. The maximum Gasteiger partial charge on any atom is 0.289 e. The molecule has 0 saturated carbocycles. The highest BCUT2D eigenvalue weighted by atomic mass is 35.5. The van der Waals surface area contributed by atoms with E-state index in [9.17, 15) is 9.90 Å². The lowest BCUT2D eigenvalue weighted by Gasteiger charge is -2.36. The lowest BCUT2D eigenvalue weighted by molar-refractivity contribution is -0.145. The zero-order chi connectivity index (χ0) is 22.1. The average Bonchev–Trinajstić information content (AvgIpc) is 3.11.